The molecule has 4 aromatic rings. The Balaban J connectivity index is 1.64. The molecule has 4 rings (SSSR count). The third kappa shape index (κ3) is 4.38. The van der Waals surface area contributed by atoms with Gasteiger partial charge in [-0.25, -0.2) is 10.2 Å². The fourth-order valence-electron chi connectivity index (χ4n) is 3.37. The van der Waals surface area contributed by atoms with Crippen LogP contribution in [0.5, 0.6) is 0 Å². The largest absolute Gasteiger partial charge is 0.416 e. The number of rotatable bonds is 3. The minimum Gasteiger partial charge on any atom is -0.405 e. The van der Waals surface area contributed by atoms with Gasteiger partial charge < -0.3 is 4.42 Å². The van der Waals surface area contributed by atoms with Gasteiger partial charge in [-0.2, -0.15) is 31.4 Å². The average Bonchev–Trinajstić information content (AvgIpc) is 3.12. The van der Waals surface area contributed by atoms with E-state index in [1.807, 2.05) is 0 Å². The summed E-state index contributed by atoms with van der Waals surface area (Å²) in [7, 11) is 0. The van der Waals surface area contributed by atoms with Gasteiger partial charge in [0.1, 0.15) is 0 Å². The van der Waals surface area contributed by atoms with Crippen LogP contribution in [0.4, 0.5) is 26.3 Å². The first-order chi connectivity index (χ1) is 15.8. The van der Waals surface area contributed by atoms with E-state index < -0.39 is 40.6 Å². The molecule has 0 radical (unpaired) electrons. The van der Waals surface area contributed by atoms with Gasteiger partial charge >= 0.3 is 18.0 Å². The minimum atomic E-state index is -5.01. The Morgan fingerprint density at radius 1 is 0.971 bits per heavy atom. The second-order valence-corrected chi connectivity index (χ2v) is 7.31. The monoisotopic (exact) mass is 481 g/mol. The van der Waals surface area contributed by atoms with Crippen molar-refractivity contribution in [1.29, 1.82) is 0 Å². The van der Waals surface area contributed by atoms with Crippen LogP contribution < -0.4 is 11.1 Å². The molecule has 2 heterocycles. The van der Waals surface area contributed by atoms with Crippen molar-refractivity contribution in [1.82, 2.24) is 9.83 Å². The Hall–Kier alpha value is -4.09. The van der Waals surface area contributed by atoms with E-state index in [-0.39, 0.29) is 22.7 Å². The second-order valence-electron chi connectivity index (χ2n) is 7.31. The maximum atomic E-state index is 13.0. The lowest BCUT2D eigenvalue weighted by molar-refractivity contribution is -0.143. The summed E-state index contributed by atoms with van der Waals surface area (Å²) in [5.41, 5.74) is -0.674. The molecule has 34 heavy (non-hydrogen) atoms. The molecule has 176 valence electrons. The van der Waals surface area contributed by atoms with Crippen LogP contribution in [-0.4, -0.2) is 16.5 Å². The minimum absolute atomic E-state index is 0.00840. The number of aromatic nitrogens is 1. The van der Waals surface area contributed by atoms with Gasteiger partial charge in [-0.15, -0.1) is 0 Å². The first kappa shape index (κ1) is 23.1. The average molecular weight is 481 g/mol. The molecule has 2 aromatic heterocycles. The number of alkyl halides is 6. The van der Waals surface area contributed by atoms with Crippen molar-refractivity contribution < 1.29 is 35.6 Å². The van der Waals surface area contributed by atoms with Gasteiger partial charge in [0.05, 0.1) is 28.2 Å². The molecule has 0 atom stereocenters. The third-order valence-electron chi connectivity index (χ3n) is 4.95. The van der Waals surface area contributed by atoms with Crippen molar-refractivity contribution in [3.05, 3.63) is 86.9 Å². The lowest BCUT2D eigenvalue weighted by Crippen LogP contribution is -2.18. The summed E-state index contributed by atoms with van der Waals surface area (Å²) in [5, 5.41) is 3.69. The van der Waals surface area contributed by atoms with Gasteiger partial charge in [0.25, 0.3) is 5.91 Å². The molecular weight excluding hydrogens is 468 g/mol. The molecule has 1 amide bonds. The molecule has 0 saturated carbocycles. The van der Waals surface area contributed by atoms with E-state index in [1.165, 1.54) is 18.2 Å². The Bertz CT molecular complexity index is 1480. The van der Waals surface area contributed by atoms with Crippen molar-refractivity contribution in [2.45, 2.75) is 19.3 Å². The molecule has 0 aliphatic rings. The highest BCUT2D eigenvalue weighted by Crippen LogP contribution is 2.36. The van der Waals surface area contributed by atoms with Crippen LogP contribution in [0.1, 0.15) is 32.7 Å². The summed E-state index contributed by atoms with van der Waals surface area (Å²) in [4.78, 5) is 24.6. The van der Waals surface area contributed by atoms with E-state index in [0.29, 0.717) is 23.9 Å². The third-order valence-corrected chi connectivity index (χ3v) is 4.95. The summed E-state index contributed by atoms with van der Waals surface area (Å²) in [6, 6.07) is 8.30. The van der Waals surface area contributed by atoms with Gasteiger partial charge in [-0.3, -0.25) is 9.20 Å². The number of halogens is 6. The molecule has 0 spiro atoms. The Morgan fingerprint density at radius 3 is 2.24 bits per heavy atom. The molecule has 0 aliphatic carbocycles. The van der Waals surface area contributed by atoms with E-state index in [0.717, 1.165) is 5.69 Å². The highest BCUT2D eigenvalue weighted by Gasteiger charge is 2.36. The lowest BCUT2D eigenvalue weighted by Gasteiger charge is -2.12. The first-order valence-corrected chi connectivity index (χ1v) is 9.52. The number of amides is 1. The fraction of sp³-hybridized carbons (Fsp3) is 0.136. The van der Waals surface area contributed by atoms with Crippen molar-refractivity contribution in [2.24, 2.45) is 5.10 Å². The number of nitrogens with one attached hydrogen (secondary N) is 1. The van der Waals surface area contributed by atoms with Gasteiger partial charge in [-0.05, 0) is 55.0 Å². The number of nitrogens with zero attached hydrogens (tertiary/aromatic N) is 2. The molecule has 0 saturated heterocycles. The molecule has 2 aromatic carbocycles. The highest BCUT2D eigenvalue weighted by molar-refractivity contribution is 5.98. The number of hydrazone groups is 1. The zero-order chi connectivity index (χ0) is 24.8. The number of hydrogen-bond donors (Lipinski definition) is 1. The predicted octanol–water partition coefficient (Wildman–Crippen LogP) is 5.16. The number of benzene rings is 2. The van der Waals surface area contributed by atoms with E-state index >= 15 is 0 Å². The van der Waals surface area contributed by atoms with Crippen LogP contribution in [0.3, 0.4) is 0 Å². The van der Waals surface area contributed by atoms with Gasteiger partial charge in [-0.1, -0.05) is 0 Å². The lowest BCUT2D eigenvalue weighted by atomic mass is 10.1. The van der Waals surface area contributed by atoms with Crippen LogP contribution in [0, 0.1) is 6.92 Å². The predicted molar refractivity (Wildman–Crippen MR) is 110 cm³/mol. The van der Waals surface area contributed by atoms with E-state index in [9.17, 15) is 35.9 Å². The molecule has 0 fully saturated rings. The van der Waals surface area contributed by atoms with Crippen LogP contribution in [-0.2, 0) is 12.4 Å². The topological polar surface area (TPSA) is 76.1 Å². The van der Waals surface area contributed by atoms with Crippen LogP contribution in [0.2, 0.25) is 0 Å². The van der Waals surface area contributed by atoms with Gasteiger partial charge in [0, 0.05) is 17.3 Å². The van der Waals surface area contributed by atoms with Crippen molar-refractivity contribution in [3.8, 4) is 0 Å². The zero-order valence-electron chi connectivity index (χ0n) is 17.1. The standard InChI is InChI=1S/C22H13F6N3O3/c1-11-2-5-18-31(11)17-8-13(3-4-16(17)20(33)34-18)19(32)30-29-10-12-6-14(21(23,24)25)9-15(7-12)22(26,27)28/h2-10H,1H3,(H,30,32)/b29-10+. The molecule has 6 nitrogen and oxygen atoms in total. The quantitative estimate of drug-likeness (QED) is 0.250. The summed E-state index contributed by atoms with van der Waals surface area (Å²) in [5.74, 6) is -0.799. The second kappa shape index (κ2) is 8.04. The maximum Gasteiger partial charge on any atom is 0.416 e. The molecular formula is C22H13F6N3O3. The maximum absolute atomic E-state index is 13.0. The summed E-state index contributed by atoms with van der Waals surface area (Å²) in [6.07, 6.45) is -9.34. The van der Waals surface area contributed by atoms with Crippen molar-refractivity contribution >= 4 is 28.7 Å². The van der Waals surface area contributed by atoms with E-state index in [4.69, 9.17) is 4.42 Å². The number of carbonyl (C=O) groups is 1. The summed E-state index contributed by atoms with van der Waals surface area (Å²) >= 11 is 0. The molecule has 0 unspecified atom stereocenters. The van der Waals surface area contributed by atoms with Crippen LogP contribution in [0.25, 0.3) is 16.6 Å². The van der Waals surface area contributed by atoms with Gasteiger partial charge in [0.15, 0.2) is 0 Å². The highest BCUT2D eigenvalue weighted by atomic mass is 19.4. The van der Waals surface area contributed by atoms with E-state index in [1.54, 1.807) is 23.5 Å². The number of hydrogen-bond acceptors (Lipinski definition) is 4. The zero-order valence-corrected chi connectivity index (χ0v) is 17.1. The van der Waals surface area contributed by atoms with Crippen LogP contribution >= 0.6 is 0 Å². The van der Waals surface area contributed by atoms with Crippen molar-refractivity contribution in [3.63, 3.8) is 0 Å². The SMILES string of the molecule is Cc1ccc2oc(=O)c3ccc(C(=O)N/N=C/c4cc(C(F)(F)F)cc(C(F)(F)F)c4)cc3n12. The molecule has 0 aliphatic heterocycles. The smallest absolute Gasteiger partial charge is 0.405 e. The molecule has 1 N–H and O–H groups in total. The number of fused-ring (bicyclic) bond motifs is 3. The normalized spacial score (nSPS) is 12.7. The van der Waals surface area contributed by atoms with Crippen LogP contribution in [0.15, 0.2) is 62.8 Å². The summed E-state index contributed by atoms with van der Waals surface area (Å²) < 4.78 is 84.6. The Labute approximate surface area is 186 Å². The van der Waals surface area contributed by atoms with Crippen molar-refractivity contribution in [2.75, 3.05) is 0 Å². The van der Waals surface area contributed by atoms with E-state index in [2.05, 4.69) is 10.5 Å². The molecule has 0 bridgehead atoms. The summed E-state index contributed by atoms with van der Waals surface area (Å²) in [6.45, 7) is 1.76. The first-order valence-electron chi connectivity index (χ1n) is 9.52. The molecule has 12 heteroatoms. The van der Waals surface area contributed by atoms with Gasteiger partial charge in [0.2, 0.25) is 5.71 Å². The number of aryl methyl sites for hydroxylation is 1. The Morgan fingerprint density at radius 2 is 1.62 bits per heavy atom. The number of carbonyl (C=O) groups excluding carboxylic acids is 1. The fourth-order valence-corrected chi connectivity index (χ4v) is 3.37. The Kier molecular flexibility index (Phi) is 5.46.